The molecule has 4 heteroatoms. The van der Waals surface area contributed by atoms with Crippen LogP contribution in [-0.4, -0.2) is 18.1 Å². The van der Waals surface area contributed by atoms with Crippen molar-refractivity contribution >= 4 is 13.2 Å². The Kier molecular flexibility index (Phi) is 7.82. The normalized spacial score (nSPS) is 23.6. The first-order chi connectivity index (χ1) is 14.0. The van der Waals surface area contributed by atoms with Crippen molar-refractivity contribution in [1.82, 2.24) is 0 Å². The average molecular weight is 453 g/mol. The maximum atomic E-state index is 12.0. The van der Waals surface area contributed by atoms with Gasteiger partial charge >= 0.3 is 193 Å². The van der Waals surface area contributed by atoms with Crippen LogP contribution in [0.25, 0.3) is 0 Å². The fourth-order valence-corrected chi connectivity index (χ4v) is 7.36. The molecule has 0 bridgehead atoms. The molecule has 1 saturated heterocycles. The predicted molar refractivity (Wildman–Crippen MR) is 137 cm³/mol. The number of hydrogen-bond acceptors (Lipinski definition) is 3. The molecule has 0 saturated carbocycles. The van der Waals surface area contributed by atoms with Crippen molar-refractivity contribution in [3.63, 3.8) is 0 Å². The molecule has 1 aliphatic rings. The van der Waals surface area contributed by atoms with Crippen LogP contribution in [-0.2, 0) is 25.3 Å². The number of hydrogen-bond donors (Lipinski definition) is 1. The van der Waals surface area contributed by atoms with Gasteiger partial charge in [-0.25, -0.2) is 0 Å². The summed E-state index contributed by atoms with van der Waals surface area (Å²) in [4.78, 5) is 12.0. The third kappa shape index (κ3) is 5.91. The second-order valence-corrected chi connectivity index (χ2v) is 15.1. The molecule has 0 aromatic heterocycles. The minimum absolute atomic E-state index is 0.0182. The second kappa shape index (κ2) is 9.05. The van der Waals surface area contributed by atoms with E-state index in [4.69, 9.17) is 9.05 Å². The van der Waals surface area contributed by atoms with Gasteiger partial charge in [-0.05, 0) is 0 Å². The van der Waals surface area contributed by atoms with Crippen LogP contribution in [0.15, 0.2) is 12.1 Å². The molecule has 1 N–H and O–H groups in total. The summed E-state index contributed by atoms with van der Waals surface area (Å²) < 4.78 is 12.8. The molecule has 1 aliphatic heterocycles. The van der Waals surface area contributed by atoms with Gasteiger partial charge in [-0.2, -0.15) is 0 Å². The van der Waals surface area contributed by atoms with Crippen molar-refractivity contribution in [3.05, 3.63) is 28.8 Å². The molecule has 0 unspecified atom stereocenters. The molecule has 2 rings (SSSR count). The van der Waals surface area contributed by atoms with Crippen molar-refractivity contribution in [1.29, 1.82) is 0 Å². The SMILES string of the molecule is CCCCC1(CC)CO[PH](O)(c2c(C(C)(C)C)cc(C(C)(C)C)cc2C(C)(C)C)OC1. The number of unbranched alkanes of at least 4 members (excludes halogenated alkanes) is 1. The fraction of sp³-hybridized carbons (Fsp3) is 0.778. The van der Waals surface area contributed by atoms with E-state index in [0.717, 1.165) is 29.3 Å². The summed E-state index contributed by atoms with van der Waals surface area (Å²) in [5.74, 6) is 0. The van der Waals surface area contributed by atoms with E-state index in [1.54, 1.807) is 0 Å². The second-order valence-electron chi connectivity index (χ2n) is 12.8. The van der Waals surface area contributed by atoms with E-state index >= 15 is 0 Å². The van der Waals surface area contributed by atoms with Gasteiger partial charge in [0, 0.05) is 0 Å². The van der Waals surface area contributed by atoms with Crippen LogP contribution in [0.2, 0.25) is 0 Å². The Morgan fingerprint density at radius 2 is 1.29 bits per heavy atom. The topological polar surface area (TPSA) is 38.7 Å². The molecule has 0 spiro atoms. The fourth-order valence-electron chi connectivity index (χ4n) is 4.41. The first kappa shape index (κ1) is 26.8. The Morgan fingerprint density at radius 1 is 0.839 bits per heavy atom. The van der Waals surface area contributed by atoms with Crippen molar-refractivity contribution < 1.29 is 13.9 Å². The summed E-state index contributed by atoms with van der Waals surface area (Å²) in [5, 5.41) is 0.945. The van der Waals surface area contributed by atoms with E-state index in [2.05, 4.69) is 88.3 Å². The summed E-state index contributed by atoms with van der Waals surface area (Å²) in [7, 11) is -3.55. The van der Waals surface area contributed by atoms with Gasteiger partial charge in [0.05, 0.1) is 0 Å². The monoisotopic (exact) mass is 452 g/mol. The third-order valence-electron chi connectivity index (χ3n) is 6.89. The summed E-state index contributed by atoms with van der Waals surface area (Å²) in [6.07, 6.45) is 4.44. The van der Waals surface area contributed by atoms with Crippen molar-refractivity contribution in [2.75, 3.05) is 13.2 Å². The zero-order chi connectivity index (χ0) is 23.9. The molecule has 1 fully saturated rings. The quantitative estimate of drug-likeness (QED) is 0.476. The van der Waals surface area contributed by atoms with Gasteiger partial charge in [-0.15, -0.1) is 0 Å². The third-order valence-corrected chi connectivity index (χ3v) is 9.14. The van der Waals surface area contributed by atoms with Crippen LogP contribution in [0.4, 0.5) is 0 Å². The molecule has 1 heterocycles. The van der Waals surface area contributed by atoms with E-state index < -0.39 is 7.94 Å². The number of benzene rings is 1. The van der Waals surface area contributed by atoms with Crippen LogP contribution in [0, 0.1) is 5.41 Å². The van der Waals surface area contributed by atoms with Gasteiger partial charge < -0.3 is 0 Å². The molecule has 180 valence electrons. The van der Waals surface area contributed by atoms with Gasteiger partial charge in [0.1, 0.15) is 0 Å². The predicted octanol–water partition coefficient (Wildman–Crippen LogP) is 7.33. The van der Waals surface area contributed by atoms with Crippen LogP contribution in [0.1, 0.15) is 119 Å². The molecular weight excluding hydrogens is 403 g/mol. The Bertz CT molecular complexity index is 719. The van der Waals surface area contributed by atoms with Gasteiger partial charge in [0.2, 0.25) is 0 Å². The van der Waals surface area contributed by atoms with E-state index in [1.807, 2.05) is 0 Å². The molecule has 0 atom stereocenters. The van der Waals surface area contributed by atoms with Crippen molar-refractivity contribution in [2.24, 2.45) is 5.41 Å². The molecule has 1 aromatic carbocycles. The average Bonchev–Trinajstić information content (AvgIpc) is 2.65. The van der Waals surface area contributed by atoms with E-state index in [9.17, 15) is 4.89 Å². The summed E-state index contributed by atoms with van der Waals surface area (Å²) in [6.45, 7) is 25.7. The molecule has 0 radical (unpaired) electrons. The van der Waals surface area contributed by atoms with Crippen LogP contribution in [0.5, 0.6) is 0 Å². The van der Waals surface area contributed by atoms with E-state index in [0.29, 0.717) is 13.2 Å². The first-order valence-corrected chi connectivity index (χ1v) is 14.0. The summed E-state index contributed by atoms with van der Waals surface area (Å²) >= 11 is 0. The molecule has 1 aromatic rings. The van der Waals surface area contributed by atoms with Crippen molar-refractivity contribution in [3.8, 4) is 0 Å². The standard InChI is InChI=1S/C27H49O3P/c1-12-14-15-27(13-2)18-29-31(28,30-19-27)23-21(25(6,7)8)16-20(24(3,4)5)17-22(23)26(9,10)11/h16-17,28,31H,12-15,18-19H2,1-11H3. The molecule has 31 heavy (non-hydrogen) atoms. The summed E-state index contributed by atoms with van der Waals surface area (Å²) in [5.41, 5.74) is 3.40. The Hall–Kier alpha value is -0.470. The van der Waals surface area contributed by atoms with Gasteiger partial charge in [-0.3, -0.25) is 0 Å². The minimum atomic E-state index is -3.55. The Labute approximate surface area is 192 Å². The Balaban J connectivity index is 2.67. The zero-order valence-corrected chi connectivity index (χ0v) is 23.2. The van der Waals surface area contributed by atoms with Gasteiger partial charge in [0.25, 0.3) is 0 Å². The van der Waals surface area contributed by atoms with E-state index in [-0.39, 0.29) is 21.7 Å². The van der Waals surface area contributed by atoms with Crippen LogP contribution < -0.4 is 5.30 Å². The Morgan fingerprint density at radius 3 is 1.61 bits per heavy atom. The number of rotatable bonds is 5. The first-order valence-electron chi connectivity index (χ1n) is 12.2. The molecule has 0 aliphatic carbocycles. The summed E-state index contributed by atoms with van der Waals surface area (Å²) in [6, 6.07) is 4.59. The van der Waals surface area contributed by atoms with E-state index in [1.165, 1.54) is 18.4 Å². The molecule has 3 nitrogen and oxygen atoms in total. The van der Waals surface area contributed by atoms with Crippen molar-refractivity contribution in [2.45, 2.75) is 118 Å². The maximum absolute atomic E-state index is 12.0. The molecular formula is C27H49O3P. The van der Waals surface area contributed by atoms with Gasteiger partial charge in [0.15, 0.2) is 0 Å². The molecule has 0 amide bonds. The van der Waals surface area contributed by atoms with Crippen LogP contribution in [0.3, 0.4) is 0 Å². The van der Waals surface area contributed by atoms with Gasteiger partial charge in [-0.1, -0.05) is 0 Å². The zero-order valence-electron chi connectivity index (χ0n) is 22.2. The van der Waals surface area contributed by atoms with Crippen LogP contribution >= 0.6 is 7.94 Å².